The summed E-state index contributed by atoms with van der Waals surface area (Å²) in [6.45, 7) is 0.383. The first-order valence-corrected chi connectivity index (χ1v) is 7.78. The highest BCUT2D eigenvalue weighted by atomic mass is 16.5. The summed E-state index contributed by atoms with van der Waals surface area (Å²) in [5.41, 5.74) is 1.96. The van der Waals surface area contributed by atoms with E-state index in [9.17, 15) is 9.59 Å². The Hall–Kier alpha value is -2.62. The number of rotatable bonds is 8. The Morgan fingerprint density at radius 2 is 1.52 bits per heavy atom. The van der Waals surface area contributed by atoms with Gasteiger partial charge in [0.1, 0.15) is 0 Å². The molecule has 0 spiro atoms. The van der Waals surface area contributed by atoms with Crippen LogP contribution in [0.15, 0.2) is 60.7 Å². The number of hydrogen-bond donors (Lipinski definition) is 1. The number of carbonyl (C=O) groups is 2. The van der Waals surface area contributed by atoms with Gasteiger partial charge in [-0.3, -0.25) is 9.59 Å². The van der Waals surface area contributed by atoms with Crippen molar-refractivity contribution in [2.45, 2.75) is 25.7 Å². The van der Waals surface area contributed by atoms with Crippen LogP contribution in [0.25, 0.3) is 0 Å². The third-order valence-corrected chi connectivity index (χ3v) is 3.33. The minimum Gasteiger partial charge on any atom is -0.466 e. The maximum absolute atomic E-state index is 11.7. The molecule has 0 aliphatic rings. The van der Waals surface area contributed by atoms with E-state index in [1.54, 1.807) is 12.1 Å². The van der Waals surface area contributed by atoms with Crippen LogP contribution in [0.1, 0.15) is 24.8 Å². The Bertz CT molecular complexity index is 611. The standard InChI is InChI=1S/C19H21NO3/c21-18(20-17-11-5-2-6-12-17)13-14-19(22)23-15-7-10-16-8-3-1-4-9-16/h1-6,8-9,11-12H,7,10,13-15H2,(H,20,21). The molecule has 0 atom stereocenters. The van der Waals surface area contributed by atoms with Gasteiger partial charge in [0.2, 0.25) is 5.91 Å². The van der Waals surface area contributed by atoms with E-state index in [2.05, 4.69) is 17.4 Å². The molecule has 2 aromatic rings. The second kappa shape index (κ2) is 9.41. The largest absolute Gasteiger partial charge is 0.466 e. The van der Waals surface area contributed by atoms with Crippen molar-refractivity contribution in [3.63, 3.8) is 0 Å². The topological polar surface area (TPSA) is 55.4 Å². The van der Waals surface area contributed by atoms with Gasteiger partial charge >= 0.3 is 5.97 Å². The summed E-state index contributed by atoms with van der Waals surface area (Å²) in [7, 11) is 0. The Morgan fingerprint density at radius 3 is 2.22 bits per heavy atom. The lowest BCUT2D eigenvalue weighted by atomic mass is 10.1. The number of esters is 1. The van der Waals surface area contributed by atoms with Gasteiger partial charge in [0.25, 0.3) is 0 Å². The maximum atomic E-state index is 11.7. The fourth-order valence-corrected chi connectivity index (χ4v) is 2.14. The molecule has 1 N–H and O–H groups in total. The van der Waals surface area contributed by atoms with Crippen molar-refractivity contribution in [2.24, 2.45) is 0 Å². The van der Waals surface area contributed by atoms with Gasteiger partial charge < -0.3 is 10.1 Å². The number of aryl methyl sites for hydroxylation is 1. The SMILES string of the molecule is O=C(CCC(=O)OCCCc1ccccc1)Nc1ccccc1. The summed E-state index contributed by atoms with van der Waals surface area (Å²) in [5, 5.41) is 2.74. The van der Waals surface area contributed by atoms with Crippen LogP contribution in [-0.4, -0.2) is 18.5 Å². The highest BCUT2D eigenvalue weighted by Crippen LogP contribution is 2.07. The lowest BCUT2D eigenvalue weighted by Gasteiger charge is -2.06. The summed E-state index contributed by atoms with van der Waals surface area (Å²) < 4.78 is 5.15. The first-order chi connectivity index (χ1) is 11.2. The molecule has 0 heterocycles. The normalized spacial score (nSPS) is 10.1. The van der Waals surface area contributed by atoms with Gasteiger partial charge in [-0.2, -0.15) is 0 Å². The smallest absolute Gasteiger partial charge is 0.306 e. The van der Waals surface area contributed by atoms with Gasteiger partial charge in [0.05, 0.1) is 13.0 Å². The van der Waals surface area contributed by atoms with Gasteiger partial charge in [-0.25, -0.2) is 0 Å². The Labute approximate surface area is 136 Å². The highest BCUT2D eigenvalue weighted by Gasteiger charge is 2.08. The van der Waals surface area contributed by atoms with E-state index in [-0.39, 0.29) is 24.7 Å². The van der Waals surface area contributed by atoms with Crippen molar-refractivity contribution >= 4 is 17.6 Å². The molecule has 0 saturated heterocycles. The number of nitrogens with one attached hydrogen (secondary N) is 1. The molecule has 2 aromatic carbocycles. The molecule has 0 fully saturated rings. The molecule has 1 amide bonds. The number of carbonyl (C=O) groups excluding carboxylic acids is 2. The zero-order valence-corrected chi connectivity index (χ0v) is 13.0. The molecule has 0 aromatic heterocycles. The predicted molar refractivity (Wildman–Crippen MR) is 90.0 cm³/mol. The van der Waals surface area contributed by atoms with Crippen LogP contribution < -0.4 is 5.32 Å². The van der Waals surface area contributed by atoms with Crippen molar-refractivity contribution in [2.75, 3.05) is 11.9 Å². The summed E-state index contributed by atoms with van der Waals surface area (Å²) in [5.74, 6) is -0.515. The molecule has 0 unspecified atom stereocenters. The van der Waals surface area contributed by atoms with Crippen molar-refractivity contribution in [1.29, 1.82) is 0 Å². The summed E-state index contributed by atoms with van der Waals surface area (Å²) in [6.07, 6.45) is 1.89. The van der Waals surface area contributed by atoms with Gasteiger partial charge in [-0.15, -0.1) is 0 Å². The minimum atomic E-state index is -0.332. The molecule has 2 rings (SSSR count). The summed E-state index contributed by atoms with van der Waals surface area (Å²) in [6, 6.07) is 19.2. The number of para-hydroxylation sites is 1. The fraction of sp³-hybridized carbons (Fsp3) is 0.263. The van der Waals surface area contributed by atoms with E-state index in [0.29, 0.717) is 6.61 Å². The zero-order valence-electron chi connectivity index (χ0n) is 13.0. The van der Waals surface area contributed by atoms with Crippen LogP contribution in [0, 0.1) is 0 Å². The third kappa shape index (κ3) is 6.78. The van der Waals surface area contributed by atoms with Gasteiger partial charge in [0, 0.05) is 12.1 Å². The lowest BCUT2D eigenvalue weighted by molar-refractivity contribution is -0.144. The highest BCUT2D eigenvalue weighted by molar-refractivity contribution is 5.92. The maximum Gasteiger partial charge on any atom is 0.306 e. The van der Waals surface area contributed by atoms with E-state index in [4.69, 9.17) is 4.74 Å². The zero-order chi connectivity index (χ0) is 16.3. The second-order valence-electron chi connectivity index (χ2n) is 5.22. The average molecular weight is 311 g/mol. The van der Waals surface area contributed by atoms with Crippen molar-refractivity contribution < 1.29 is 14.3 Å². The van der Waals surface area contributed by atoms with Crippen LogP contribution in [0.5, 0.6) is 0 Å². The van der Waals surface area contributed by atoms with Gasteiger partial charge in [0.15, 0.2) is 0 Å². The summed E-state index contributed by atoms with van der Waals surface area (Å²) in [4.78, 5) is 23.3. The Balaban J connectivity index is 1.57. The number of ether oxygens (including phenoxy) is 1. The summed E-state index contributed by atoms with van der Waals surface area (Å²) >= 11 is 0. The van der Waals surface area contributed by atoms with Crippen LogP contribution in [0.3, 0.4) is 0 Å². The fourth-order valence-electron chi connectivity index (χ4n) is 2.14. The molecular weight excluding hydrogens is 290 g/mol. The number of hydrogen-bond acceptors (Lipinski definition) is 3. The Morgan fingerprint density at radius 1 is 0.870 bits per heavy atom. The molecule has 4 heteroatoms. The Kier molecular flexibility index (Phi) is 6.85. The monoisotopic (exact) mass is 311 g/mol. The molecule has 0 aliphatic heterocycles. The van der Waals surface area contributed by atoms with Crippen LogP contribution >= 0.6 is 0 Å². The van der Waals surface area contributed by atoms with Crippen LogP contribution in [0.2, 0.25) is 0 Å². The van der Waals surface area contributed by atoms with Crippen LogP contribution in [0.4, 0.5) is 5.69 Å². The molecule has 0 saturated carbocycles. The van der Waals surface area contributed by atoms with E-state index in [1.165, 1.54) is 5.56 Å². The molecule has 23 heavy (non-hydrogen) atoms. The van der Waals surface area contributed by atoms with Crippen molar-refractivity contribution in [3.8, 4) is 0 Å². The van der Waals surface area contributed by atoms with Crippen molar-refractivity contribution in [1.82, 2.24) is 0 Å². The lowest BCUT2D eigenvalue weighted by Crippen LogP contribution is -2.15. The van der Waals surface area contributed by atoms with E-state index in [0.717, 1.165) is 18.5 Å². The van der Waals surface area contributed by atoms with E-state index in [1.807, 2.05) is 36.4 Å². The van der Waals surface area contributed by atoms with E-state index >= 15 is 0 Å². The molecule has 0 bridgehead atoms. The number of benzene rings is 2. The molecule has 4 nitrogen and oxygen atoms in total. The number of anilines is 1. The average Bonchev–Trinajstić information content (AvgIpc) is 2.59. The first-order valence-electron chi connectivity index (χ1n) is 7.78. The third-order valence-electron chi connectivity index (χ3n) is 3.33. The quantitative estimate of drug-likeness (QED) is 0.599. The molecule has 0 radical (unpaired) electrons. The molecule has 0 aliphatic carbocycles. The van der Waals surface area contributed by atoms with Gasteiger partial charge in [-0.1, -0.05) is 48.5 Å². The second-order valence-corrected chi connectivity index (χ2v) is 5.22. The molecule has 120 valence electrons. The molecular formula is C19H21NO3. The number of amides is 1. The first kappa shape index (κ1) is 16.7. The minimum absolute atomic E-state index is 0.101. The van der Waals surface area contributed by atoms with E-state index < -0.39 is 0 Å². The van der Waals surface area contributed by atoms with Gasteiger partial charge in [-0.05, 0) is 30.5 Å². The predicted octanol–water partition coefficient (Wildman–Crippen LogP) is 3.58. The van der Waals surface area contributed by atoms with Crippen LogP contribution in [-0.2, 0) is 20.7 Å². The van der Waals surface area contributed by atoms with Crippen molar-refractivity contribution in [3.05, 3.63) is 66.2 Å².